The Morgan fingerprint density at radius 2 is 1.30 bits per heavy atom. The molecule has 4 aromatic rings. The molecule has 4 aromatic carbocycles. The van der Waals surface area contributed by atoms with E-state index in [9.17, 15) is 14.9 Å². The molecule has 0 aliphatic heterocycles. The number of esters is 1. The molecule has 7 heteroatoms. The number of hydrogen-bond donors (Lipinski definition) is 0. The molecular weight excluding hydrogens is 468 g/mol. The largest absolute Gasteiger partial charge is 0.497 e. The standard InChI is InChI=1S/C30H20N2O5/c1-35-25-12-7-20(8-13-25)28(33)29(21-5-3-2-4-6-21)37-30(34)22-9-14-26(15-10-22)36-27-16-11-23(18-31)24(17-27)19-32/h2-17,29H,1H3/t29-/m0/s1. The van der Waals surface area contributed by atoms with Crippen molar-refractivity contribution in [2.75, 3.05) is 7.11 Å². The summed E-state index contributed by atoms with van der Waals surface area (Å²) in [4.78, 5) is 26.3. The SMILES string of the molecule is COc1ccc(C(=O)[C@@H](OC(=O)c2ccc(Oc3ccc(C#N)c(C#N)c3)cc2)c2ccccc2)cc1. The smallest absolute Gasteiger partial charge is 0.339 e. The van der Waals surface area contributed by atoms with Gasteiger partial charge in [0.2, 0.25) is 5.78 Å². The van der Waals surface area contributed by atoms with E-state index in [-0.39, 0.29) is 22.5 Å². The van der Waals surface area contributed by atoms with Crippen LogP contribution in [0.5, 0.6) is 17.2 Å². The molecule has 0 bridgehead atoms. The molecule has 1 atom stereocenters. The monoisotopic (exact) mass is 488 g/mol. The summed E-state index contributed by atoms with van der Waals surface area (Å²) in [5, 5.41) is 18.2. The molecule has 0 unspecified atom stereocenters. The van der Waals surface area contributed by atoms with Gasteiger partial charge >= 0.3 is 5.97 Å². The average Bonchev–Trinajstić information content (AvgIpc) is 2.96. The van der Waals surface area contributed by atoms with Crippen LogP contribution in [0, 0.1) is 22.7 Å². The summed E-state index contributed by atoms with van der Waals surface area (Å²) >= 11 is 0. The molecule has 37 heavy (non-hydrogen) atoms. The lowest BCUT2D eigenvalue weighted by Gasteiger charge is -2.18. The number of ether oxygens (including phenoxy) is 3. The Bertz CT molecular complexity index is 1500. The highest BCUT2D eigenvalue weighted by Crippen LogP contribution is 2.27. The van der Waals surface area contributed by atoms with E-state index in [1.54, 1.807) is 66.7 Å². The maximum absolute atomic E-state index is 13.3. The van der Waals surface area contributed by atoms with Gasteiger partial charge in [-0.15, -0.1) is 0 Å². The van der Waals surface area contributed by atoms with Gasteiger partial charge in [0.25, 0.3) is 0 Å². The van der Waals surface area contributed by atoms with Crippen molar-refractivity contribution in [2.24, 2.45) is 0 Å². The number of rotatable bonds is 8. The van der Waals surface area contributed by atoms with Crippen molar-refractivity contribution >= 4 is 11.8 Å². The number of carbonyl (C=O) groups excluding carboxylic acids is 2. The Balaban J connectivity index is 1.52. The number of methoxy groups -OCH3 is 1. The van der Waals surface area contributed by atoms with Crippen molar-refractivity contribution in [2.45, 2.75) is 6.10 Å². The summed E-state index contributed by atoms with van der Waals surface area (Å²) in [7, 11) is 1.54. The predicted molar refractivity (Wildman–Crippen MR) is 134 cm³/mol. The molecule has 0 saturated heterocycles. The van der Waals surface area contributed by atoms with Gasteiger partial charge in [-0.05, 0) is 66.7 Å². The quantitative estimate of drug-likeness (QED) is 0.221. The zero-order valence-corrected chi connectivity index (χ0v) is 19.8. The van der Waals surface area contributed by atoms with Gasteiger partial charge in [0.15, 0.2) is 6.10 Å². The van der Waals surface area contributed by atoms with Crippen LogP contribution in [-0.2, 0) is 4.74 Å². The van der Waals surface area contributed by atoms with Crippen LogP contribution in [0.1, 0.15) is 43.5 Å². The van der Waals surface area contributed by atoms with Crippen LogP contribution in [0.3, 0.4) is 0 Å². The molecule has 0 aromatic heterocycles. The van der Waals surface area contributed by atoms with Crippen molar-refractivity contribution in [1.82, 2.24) is 0 Å². The Labute approximate surface area is 213 Å². The second-order valence-electron chi connectivity index (χ2n) is 7.85. The van der Waals surface area contributed by atoms with Crippen molar-refractivity contribution in [3.63, 3.8) is 0 Å². The maximum Gasteiger partial charge on any atom is 0.339 e. The number of benzene rings is 4. The fraction of sp³-hybridized carbons (Fsp3) is 0.0667. The highest BCUT2D eigenvalue weighted by atomic mass is 16.5. The van der Waals surface area contributed by atoms with E-state index in [2.05, 4.69) is 0 Å². The van der Waals surface area contributed by atoms with E-state index < -0.39 is 12.1 Å². The van der Waals surface area contributed by atoms with Crippen LogP contribution in [0.4, 0.5) is 0 Å². The number of nitrogens with zero attached hydrogens (tertiary/aromatic N) is 2. The first-order valence-corrected chi connectivity index (χ1v) is 11.2. The molecule has 180 valence electrons. The minimum Gasteiger partial charge on any atom is -0.497 e. The fourth-order valence-electron chi connectivity index (χ4n) is 3.55. The van der Waals surface area contributed by atoms with Crippen molar-refractivity contribution in [3.8, 4) is 29.4 Å². The van der Waals surface area contributed by atoms with Crippen LogP contribution < -0.4 is 9.47 Å². The van der Waals surface area contributed by atoms with Crippen LogP contribution in [0.2, 0.25) is 0 Å². The average molecular weight is 488 g/mol. The third-order valence-electron chi connectivity index (χ3n) is 5.50. The van der Waals surface area contributed by atoms with E-state index in [0.29, 0.717) is 28.4 Å². The second-order valence-corrected chi connectivity index (χ2v) is 7.85. The van der Waals surface area contributed by atoms with Gasteiger partial charge in [-0.3, -0.25) is 4.79 Å². The summed E-state index contributed by atoms with van der Waals surface area (Å²) in [6.07, 6.45) is -1.14. The second kappa shape index (κ2) is 11.4. The van der Waals surface area contributed by atoms with Crippen LogP contribution in [0.15, 0.2) is 97.1 Å². The first kappa shape index (κ1) is 24.7. The Hall–Kier alpha value is -5.40. The van der Waals surface area contributed by atoms with Crippen LogP contribution in [0.25, 0.3) is 0 Å². The number of nitriles is 2. The summed E-state index contributed by atoms with van der Waals surface area (Å²) in [6.45, 7) is 0. The van der Waals surface area contributed by atoms with E-state index >= 15 is 0 Å². The number of carbonyl (C=O) groups is 2. The van der Waals surface area contributed by atoms with E-state index in [0.717, 1.165) is 0 Å². The normalized spacial score (nSPS) is 10.9. The summed E-state index contributed by atoms with van der Waals surface area (Å²) < 4.78 is 16.6. The highest BCUT2D eigenvalue weighted by molar-refractivity contribution is 6.02. The fourth-order valence-corrected chi connectivity index (χ4v) is 3.55. The lowest BCUT2D eigenvalue weighted by molar-refractivity contribution is 0.0280. The Morgan fingerprint density at radius 3 is 1.92 bits per heavy atom. The van der Waals surface area contributed by atoms with Gasteiger partial charge in [-0.1, -0.05) is 30.3 Å². The molecule has 4 rings (SSSR count). The van der Waals surface area contributed by atoms with Crippen molar-refractivity contribution < 1.29 is 23.8 Å². The molecule has 0 spiro atoms. The van der Waals surface area contributed by atoms with Crippen molar-refractivity contribution in [3.05, 3.63) is 125 Å². The molecule has 0 fully saturated rings. The van der Waals surface area contributed by atoms with Gasteiger partial charge in [-0.25, -0.2) is 4.79 Å². The minimum atomic E-state index is -1.14. The van der Waals surface area contributed by atoms with E-state index in [1.807, 2.05) is 18.2 Å². The third kappa shape index (κ3) is 5.82. The van der Waals surface area contributed by atoms with Gasteiger partial charge < -0.3 is 14.2 Å². The predicted octanol–water partition coefficient (Wildman–Crippen LogP) is 6.01. The van der Waals surface area contributed by atoms with Crippen LogP contribution >= 0.6 is 0 Å². The number of Topliss-reactive ketones (excluding diaryl/α,β-unsaturated/α-hetero) is 1. The summed E-state index contributed by atoms with van der Waals surface area (Å²) in [5.41, 5.74) is 1.61. The van der Waals surface area contributed by atoms with Gasteiger partial charge in [0.05, 0.1) is 23.8 Å². The van der Waals surface area contributed by atoms with Crippen LogP contribution in [-0.4, -0.2) is 18.9 Å². The molecule has 0 saturated carbocycles. The molecule has 0 N–H and O–H groups in total. The molecular formula is C30H20N2O5. The number of hydrogen-bond acceptors (Lipinski definition) is 7. The zero-order chi connectivity index (χ0) is 26.2. The Kier molecular flexibility index (Phi) is 7.58. The van der Waals surface area contributed by atoms with Crippen molar-refractivity contribution in [1.29, 1.82) is 10.5 Å². The highest BCUT2D eigenvalue weighted by Gasteiger charge is 2.27. The molecule has 0 aliphatic carbocycles. The topological polar surface area (TPSA) is 109 Å². The van der Waals surface area contributed by atoms with Gasteiger partial charge in [0.1, 0.15) is 29.4 Å². The molecule has 7 nitrogen and oxygen atoms in total. The van der Waals surface area contributed by atoms with Gasteiger partial charge in [0, 0.05) is 11.1 Å². The van der Waals surface area contributed by atoms with E-state index in [4.69, 9.17) is 19.5 Å². The molecule has 0 heterocycles. The maximum atomic E-state index is 13.3. The summed E-state index contributed by atoms with van der Waals surface area (Å²) in [6, 6.07) is 30.0. The number of ketones is 1. The first-order chi connectivity index (χ1) is 18.0. The lowest BCUT2D eigenvalue weighted by atomic mass is 9.99. The lowest BCUT2D eigenvalue weighted by Crippen LogP contribution is -2.20. The molecule has 0 radical (unpaired) electrons. The minimum absolute atomic E-state index is 0.202. The van der Waals surface area contributed by atoms with E-state index in [1.165, 1.54) is 31.4 Å². The first-order valence-electron chi connectivity index (χ1n) is 11.2. The third-order valence-corrected chi connectivity index (χ3v) is 5.50. The zero-order valence-electron chi connectivity index (χ0n) is 19.8. The Morgan fingerprint density at radius 1 is 0.703 bits per heavy atom. The van der Waals surface area contributed by atoms with Gasteiger partial charge in [-0.2, -0.15) is 10.5 Å². The molecule has 0 amide bonds. The molecule has 0 aliphatic rings. The summed E-state index contributed by atoms with van der Waals surface area (Å²) in [5.74, 6) is 0.361.